The summed E-state index contributed by atoms with van der Waals surface area (Å²) in [6.07, 6.45) is 2.68. The number of hydrogen-bond donors (Lipinski definition) is 0. The second-order valence-electron chi connectivity index (χ2n) is 4.64. The first-order chi connectivity index (χ1) is 8.74. The van der Waals surface area contributed by atoms with E-state index < -0.39 is 5.82 Å². The third kappa shape index (κ3) is 2.74. The molecule has 3 nitrogen and oxygen atoms in total. The van der Waals surface area contributed by atoms with Gasteiger partial charge in [-0.15, -0.1) is 0 Å². The normalized spacial score (nSPS) is 17.3. The fourth-order valence-corrected chi connectivity index (χ4v) is 2.28. The van der Waals surface area contributed by atoms with Crippen LogP contribution in [0, 0.1) is 23.1 Å². The molecule has 1 fully saturated rings. The predicted octanol–water partition coefficient (Wildman–Crippen LogP) is 2.11. The highest BCUT2D eigenvalue weighted by atomic mass is 19.1. The number of aldehydes is 1. The van der Waals surface area contributed by atoms with Crippen LogP contribution in [0.3, 0.4) is 0 Å². The van der Waals surface area contributed by atoms with Crippen molar-refractivity contribution in [2.45, 2.75) is 19.4 Å². The minimum Gasteiger partial charge on any atom is -0.303 e. The number of rotatable bonds is 3. The molecule has 1 heterocycles. The summed E-state index contributed by atoms with van der Waals surface area (Å²) < 4.78 is 13.9. The monoisotopic (exact) mass is 246 g/mol. The van der Waals surface area contributed by atoms with E-state index in [1.54, 1.807) is 12.1 Å². The van der Waals surface area contributed by atoms with E-state index in [2.05, 4.69) is 4.90 Å². The van der Waals surface area contributed by atoms with Gasteiger partial charge in [0, 0.05) is 18.0 Å². The molecule has 0 amide bonds. The summed E-state index contributed by atoms with van der Waals surface area (Å²) >= 11 is 0. The number of nitrogens with zero attached hydrogens (tertiary/aromatic N) is 2. The Morgan fingerprint density at radius 1 is 1.44 bits per heavy atom. The van der Waals surface area contributed by atoms with Crippen LogP contribution in [0.1, 0.15) is 24.0 Å². The molecule has 0 unspecified atom stereocenters. The van der Waals surface area contributed by atoms with Crippen molar-refractivity contribution in [1.29, 1.82) is 5.26 Å². The molecule has 0 aromatic heterocycles. The molecule has 0 N–H and O–H groups in total. The Labute approximate surface area is 106 Å². The average molecular weight is 246 g/mol. The molecule has 1 aliphatic rings. The summed E-state index contributed by atoms with van der Waals surface area (Å²) in [5.74, 6) is -0.269. The standard InChI is InChI=1S/C14H15FN2O/c15-14-12(8-16)2-1-3-13(14)9-17-6-4-11(10-18)5-7-17/h1-3,10-11H,4-7,9H2. The summed E-state index contributed by atoms with van der Waals surface area (Å²) in [5, 5.41) is 8.77. The van der Waals surface area contributed by atoms with Gasteiger partial charge in [0.15, 0.2) is 0 Å². The predicted molar refractivity (Wildman–Crippen MR) is 65.2 cm³/mol. The molecule has 1 saturated heterocycles. The summed E-state index contributed by atoms with van der Waals surface area (Å²) in [6.45, 7) is 2.12. The first-order valence-corrected chi connectivity index (χ1v) is 6.09. The molecule has 1 aromatic rings. The van der Waals surface area contributed by atoms with Gasteiger partial charge in [0.05, 0.1) is 5.56 Å². The number of piperidine rings is 1. The van der Waals surface area contributed by atoms with Crippen LogP contribution in [0.5, 0.6) is 0 Å². The number of nitriles is 1. The molecular formula is C14H15FN2O. The van der Waals surface area contributed by atoms with Crippen molar-refractivity contribution in [2.24, 2.45) is 5.92 Å². The van der Waals surface area contributed by atoms with Crippen LogP contribution in [0.2, 0.25) is 0 Å². The molecule has 0 saturated carbocycles. The number of carbonyl (C=O) groups excluding carboxylic acids is 1. The molecular weight excluding hydrogens is 231 g/mol. The highest BCUT2D eigenvalue weighted by molar-refractivity contribution is 5.53. The maximum absolute atomic E-state index is 13.9. The van der Waals surface area contributed by atoms with E-state index in [-0.39, 0.29) is 11.5 Å². The van der Waals surface area contributed by atoms with Gasteiger partial charge in [-0.1, -0.05) is 12.1 Å². The molecule has 0 bridgehead atoms. The van der Waals surface area contributed by atoms with Gasteiger partial charge in [0.2, 0.25) is 0 Å². The first-order valence-electron chi connectivity index (χ1n) is 6.09. The quantitative estimate of drug-likeness (QED) is 0.767. The first kappa shape index (κ1) is 12.7. The van der Waals surface area contributed by atoms with Crippen molar-refractivity contribution in [3.05, 3.63) is 35.1 Å². The van der Waals surface area contributed by atoms with Crippen LogP contribution < -0.4 is 0 Å². The molecule has 4 heteroatoms. The Bertz CT molecular complexity index is 473. The molecule has 0 atom stereocenters. The number of benzene rings is 1. The van der Waals surface area contributed by atoms with Crippen LogP contribution in [0.25, 0.3) is 0 Å². The van der Waals surface area contributed by atoms with Crippen LogP contribution in [-0.2, 0) is 11.3 Å². The van der Waals surface area contributed by atoms with Crippen LogP contribution in [0.15, 0.2) is 18.2 Å². The van der Waals surface area contributed by atoms with Gasteiger partial charge >= 0.3 is 0 Å². The molecule has 1 aliphatic heterocycles. The lowest BCUT2D eigenvalue weighted by molar-refractivity contribution is -0.112. The van der Waals surface area contributed by atoms with Gasteiger partial charge in [-0.25, -0.2) is 4.39 Å². The lowest BCUT2D eigenvalue weighted by Crippen LogP contribution is -2.33. The Kier molecular flexibility index (Phi) is 4.06. The summed E-state index contributed by atoms with van der Waals surface area (Å²) in [4.78, 5) is 12.8. The molecule has 1 aromatic carbocycles. The lowest BCUT2D eigenvalue weighted by Gasteiger charge is -2.29. The summed E-state index contributed by atoms with van der Waals surface area (Å²) in [7, 11) is 0. The van der Waals surface area contributed by atoms with Crippen LogP contribution >= 0.6 is 0 Å². The van der Waals surface area contributed by atoms with E-state index in [0.717, 1.165) is 32.2 Å². The number of halogens is 1. The number of likely N-dealkylation sites (tertiary alicyclic amines) is 1. The SMILES string of the molecule is N#Cc1cccc(CN2CCC(C=O)CC2)c1F. The smallest absolute Gasteiger partial charge is 0.145 e. The van der Waals surface area contributed by atoms with Crippen molar-refractivity contribution >= 4 is 6.29 Å². The minimum absolute atomic E-state index is 0.0928. The highest BCUT2D eigenvalue weighted by Crippen LogP contribution is 2.19. The van der Waals surface area contributed by atoms with Gasteiger partial charge < -0.3 is 4.79 Å². The lowest BCUT2D eigenvalue weighted by atomic mass is 9.98. The Morgan fingerprint density at radius 2 is 2.17 bits per heavy atom. The van der Waals surface area contributed by atoms with Gasteiger partial charge in [0.1, 0.15) is 18.2 Å². The van der Waals surface area contributed by atoms with Crippen molar-refractivity contribution in [2.75, 3.05) is 13.1 Å². The molecule has 0 spiro atoms. The van der Waals surface area contributed by atoms with E-state index in [1.807, 2.05) is 6.07 Å². The van der Waals surface area contributed by atoms with Crippen LogP contribution in [-0.4, -0.2) is 24.3 Å². The van der Waals surface area contributed by atoms with Crippen molar-refractivity contribution in [1.82, 2.24) is 4.90 Å². The topological polar surface area (TPSA) is 44.1 Å². The van der Waals surface area contributed by atoms with Gasteiger partial charge in [-0.2, -0.15) is 5.26 Å². The third-order valence-corrected chi connectivity index (χ3v) is 3.42. The Hall–Kier alpha value is -1.73. The van der Waals surface area contributed by atoms with E-state index in [9.17, 15) is 9.18 Å². The zero-order valence-electron chi connectivity index (χ0n) is 10.1. The summed E-state index contributed by atoms with van der Waals surface area (Å²) in [5.41, 5.74) is 0.647. The molecule has 94 valence electrons. The van der Waals surface area contributed by atoms with Crippen molar-refractivity contribution in [3.8, 4) is 6.07 Å². The second-order valence-corrected chi connectivity index (χ2v) is 4.64. The highest BCUT2D eigenvalue weighted by Gasteiger charge is 2.19. The van der Waals surface area contributed by atoms with Crippen molar-refractivity contribution < 1.29 is 9.18 Å². The summed E-state index contributed by atoms with van der Waals surface area (Å²) in [6, 6.07) is 6.75. The number of carbonyl (C=O) groups is 1. The third-order valence-electron chi connectivity index (χ3n) is 3.42. The zero-order chi connectivity index (χ0) is 13.0. The fraction of sp³-hybridized carbons (Fsp3) is 0.429. The largest absolute Gasteiger partial charge is 0.303 e. The fourth-order valence-electron chi connectivity index (χ4n) is 2.28. The molecule has 0 aliphatic carbocycles. The maximum Gasteiger partial charge on any atom is 0.145 e. The molecule has 0 radical (unpaired) electrons. The van der Waals surface area contributed by atoms with E-state index >= 15 is 0 Å². The van der Waals surface area contributed by atoms with Gasteiger partial charge in [-0.3, -0.25) is 4.90 Å². The van der Waals surface area contributed by atoms with E-state index in [1.165, 1.54) is 6.07 Å². The average Bonchev–Trinajstić information content (AvgIpc) is 2.42. The van der Waals surface area contributed by atoms with E-state index in [4.69, 9.17) is 5.26 Å². The second kappa shape index (κ2) is 5.74. The Morgan fingerprint density at radius 3 is 2.78 bits per heavy atom. The van der Waals surface area contributed by atoms with Crippen LogP contribution in [0.4, 0.5) is 4.39 Å². The van der Waals surface area contributed by atoms with Gasteiger partial charge in [-0.05, 0) is 32.0 Å². The zero-order valence-corrected chi connectivity index (χ0v) is 10.1. The van der Waals surface area contributed by atoms with Crippen molar-refractivity contribution in [3.63, 3.8) is 0 Å². The molecule has 18 heavy (non-hydrogen) atoms. The van der Waals surface area contributed by atoms with E-state index in [0.29, 0.717) is 12.1 Å². The number of hydrogen-bond acceptors (Lipinski definition) is 3. The molecule has 2 rings (SSSR count). The maximum atomic E-state index is 13.9. The Balaban J connectivity index is 2.03. The van der Waals surface area contributed by atoms with Gasteiger partial charge in [0.25, 0.3) is 0 Å². The minimum atomic E-state index is -0.419.